The molecule has 0 aliphatic carbocycles. The molecule has 0 radical (unpaired) electrons. The van der Waals surface area contributed by atoms with Crippen LogP contribution >= 0.6 is 39.1 Å². The van der Waals surface area contributed by atoms with E-state index in [2.05, 4.69) is 21.0 Å². The van der Waals surface area contributed by atoms with Crippen LogP contribution in [-0.2, 0) is 13.7 Å². The number of nitrogens with zero attached hydrogens (tertiary/aromatic N) is 2. The minimum atomic E-state index is 0.373. The van der Waals surface area contributed by atoms with E-state index in [1.807, 2.05) is 14.0 Å². The summed E-state index contributed by atoms with van der Waals surface area (Å²) in [5.41, 5.74) is 1.87. The van der Waals surface area contributed by atoms with Crippen molar-refractivity contribution in [1.82, 2.24) is 9.78 Å². The topological polar surface area (TPSA) is 27.1 Å². The van der Waals surface area contributed by atoms with Gasteiger partial charge in [0.25, 0.3) is 0 Å². The molecule has 0 N–H and O–H groups in total. The van der Waals surface area contributed by atoms with Crippen molar-refractivity contribution in [1.29, 1.82) is 0 Å². The Morgan fingerprint density at radius 1 is 1.39 bits per heavy atom. The monoisotopic (exact) mass is 348 g/mol. The van der Waals surface area contributed by atoms with Gasteiger partial charge in [-0.05, 0) is 35.0 Å². The Kier molecular flexibility index (Phi) is 4.20. The lowest BCUT2D eigenvalue weighted by molar-refractivity contribution is 0.294. The van der Waals surface area contributed by atoms with Gasteiger partial charge in [0, 0.05) is 7.05 Å². The van der Waals surface area contributed by atoms with Gasteiger partial charge in [-0.3, -0.25) is 4.68 Å². The van der Waals surface area contributed by atoms with Gasteiger partial charge in [0.15, 0.2) is 0 Å². The molecule has 2 aromatic rings. The van der Waals surface area contributed by atoms with Crippen LogP contribution in [0.2, 0.25) is 10.0 Å². The van der Waals surface area contributed by atoms with Crippen LogP contribution in [0.5, 0.6) is 5.75 Å². The zero-order valence-electron chi connectivity index (χ0n) is 9.88. The van der Waals surface area contributed by atoms with Crippen molar-refractivity contribution in [3.63, 3.8) is 0 Å². The van der Waals surface area contributed by atoms with Crippen molar-refractivity contribution < 1.29 is 4.74 Å². The Balaban J connectivity index is 2.19. The summed E-state index contributed by atoms with van der Waals surface area (Å²) in [4.78, 5) is 0. The SMILES string of the molecule is Cc1nn(C)c(COc2cccc(Cl)c2Cl)c1Br. The second-order valence-electron chi connectivity index (χ2n) is 3.81. The molecule has 0 unspecified atom stereocenters. The molecule has 0 bridgehead atoms. The van der Waals surface area contributed by atoms with Crippen LogP contribution in [0.4, 0.5) is 0 Å². The largest absolute Gasteiger partial charge is 0.486 e. The van der Waals surface area contributed by atoms with Gasteiger partial charge < -0.3 is 4.74 Å². The Labute approximate surface area is 124 Å². The van der Waals surface area contributed by atoms with Crippen molar-refractivity contribution in [3.05, 3.63) is 44.1 Å². The van der Waals surface area contributed by atoms with Crippen LogP contribution in [-0.4, -0.2) is 9.78 Å². The van der Waals surface area contributed by atoms with E-state index in [1.165, 1.54) is 0 Å². The van der Waals surface area contributed by atoms with Gasteiger partial charge in [0.05, 0.1) is 20.9 Å². The molecule has 0 spiro atoms. The van der Waals surface area contributed by atoms with E-state index in [0.29, 0.717) is 22.4 Å². The molecule has 0 saturated carbocycles. The first-order chi connectivity index (χ1) is 8.50. The van der Waals surface area contributed by atoms with Gasteiger partial charge in [0.2, 0.25) is 0 Å². The fourth-order valence-electron chi connectivity index (χ4n) is 1.58. The van der Waals surface area contributed by atoms with Crippen LogP contribution < -0.4 is 4.74 Å². The Morgan fingerprint density at radius 3 is 2.72 bits per heavy atom. The van der Waals surface area contributed by atoms with E-state index in [9.17, 15) is 0 Å². The summed E-state index contributed by atoms with van der Waals surface area (Å²) in [7, 11) is 1.87. The average Bonchev–Trinajstić information content (AvgIpc) is 2.56. The molecule has 1 aromatic carbocycles. The minimum absolute atomic E-state index is 0.373. The minimum Gasteiger partial charge on any atom is -0.486 e. The molecule has 3 nitrogen and oxygen atoms in total. The van der Waals surface area contributed by atoms with E-state index in [1.54, 1.807) is 22.9 Å². The van der Waals surface area contributed by atoms with E-state index < -0.39 is 0 Å². The Hall–Kier alpha value is -0.710. The average molecular weight is 350 g/mol. The summed E-state index contributed by atoms with van der Waals surface area (Å²) in [5.74, 6) is 0.565. The van der Waals surface area contributed by atoms with Crippen molar-refractivity contribution in [2.75, 3.05) is 0 Å². The molecule has 18 heavy (non-hydrogen) atoms. The quantitative estimate of drug-likeness (QED) is 0.822. The predicted molar refractivity (Wildman–Crippen MR) is 76.4 cm³/mol. The molecule has 0 fully saturated rings. The van der Waals surface area contributed by atoms with Crippen LogP contribution in [0, 0.1) is 6.92 Å². The van der Waals surface area contributed by atoms with Gasteiger partial charge in [-0.25, -0.2) is 0 Å². The molecule has 0 saturated heterocycles. The maximum atomic E-state index is 6.05. The molecule has 6 heteroatoms. The summed E-state index contributed by atoms with van der Waals surface area (Å²) >= 11 is 15.5. The highest BCUT2D eigenvalue weighted by Gasteiger charge is 2.12. The third-order valence-electron chi connectivity index (χ3n) is 2.54. The number of hydrogen-bond acceptors (Lipinski definition) is 2. The van der Waals surface area contributed by atoms with E-state index >= 15 is 0 Å². The van der Waals surface area contributed by atoms with Crippen molar-refractivity contribution in [3.8, 4) is 5.75 Å². The lowest BCUT2D eigenvalue weighted by Crippen LogP contribution is -2.04. The molecule has 1 aromatic heterocycles. The molecular formula is C12H11BrCl2N2O. The summed E-state index contributed by atoms with van der Waals surface area (Å²) in [6.45, 7) is 2.30. The molecule has 1 heterocycles. The molecule has 0 aliphatic heterocycles. The first-order valence-electron chi connectivity index (χ1n) is 5.25. The third kappa shape index (κ3) is 2.66. The summed E-state index contributed by atoms with van der Waals surface area (Å²) < 4.78 is 8.39. The number of hydrogen-bond donors (Lipinski definition) is 0. The maximum Gasteiger partial charge on any atom is 0.140 e. The maximum absolute atomic E-state index is 6.05. The number of benzene rings is 1. The first kappa shape index (κ1) is 13.7. The highest BCUT2D eigenvalue weighted by molar-refractivity contribution is 9.10. The van der Waals surface area contributed by atoms with E-state index in [0.717, 1.165) is 15.9 Å². The smallest absolute Gasteiger partial charge is 0.140 e. The molecular weight excluding hydrogens is 339 g/mol. The second-order valence-corrected chi connectivity index (χ2v) is 5.39. The third-order valence-corrected chi connectivity index (χ3v) is 4.38. The van der Waals surface area contributed by atoms with Gasteiger partial charge in [0.1, 0.15) is 17.4 Å². The highest BCUT2D eigenvalue weighted by atomic mass is 79.9. The lowest BCUT2D eigenvalue weighted by Gasteiger charge is -2.09. The molecule has 0 atom stereocenters. The van der Waals surface area contributed by atoms with Crippen LogP contribution in [0.25, 0.3) is 0 Å². The number of halogens is 3. The van der Waals surface area contributed by atoms with Gasteiger partial charge in [-0.1, -0.05) is 29.3 Å². The van der Waals surface area contributed by atoms with Crippen LogP contribution in [0.3, 0.4) is 0 Å². The van der Waals surface area contributed by atoms with Crippen molar-refractivity contribution in [2.24, 2.45) is 7.05 Å². The summed E-state index contributed by atoms with van der Waals surface area (Å²) in [6, 6.07) is 5.30. The summed E-state index contributed by atoms with van der Waals surface area (Å²) in [5, 5.41) is 5.20. The fourth-order valence-corrected chi connectivity index (χ4v) is 2.38. The first-order valence-corrected chi connectivity index (χ1v) is 6.80. The molecule has 0 amide bonds. The normalized spacial score (nSPS) is 10.7. The van der Waals surface area contributed by atoms with Crippen LogP contribution in [0.15, 0.2) is 22.7 Å². The van der Waals surface area contributed by atoms with Gasteiger partial charge >= 0.3 is 0 Å². The Bertz CT molecular complexity index is 584. The number of aryl methyl sites for hydroxylation is 2. The lowest BCUT2D eigenvalue weighted by atomic mass is 10.3. The highest BCUT2D eigenvalue weighted by Crippen LogP contribution is 2.32. The van der Waals surface area contributed by atoms with E-state index in [-0.39, 0.29) is 0 Å². The summed E-state index contributed by atoms with van der Waals surface area (Å²) in [6.07, 6.45) is 0. The molecule has 96 valence electrons. The van der Waals surface area contributed by atoms with Crippen LogP contribution in [0.1, 0.15) is 11.4 Å². The van der Waals surface area contributed by atoms with Gasteiger partial charge in [-0.2, -0.15) is 5.10 Å². The van der Waals surface area contributed by atoms with E-state index in [4.69, 9.17) is 27.9 Å². The predicted octanol–water partition coefficient (Wildman–Crippen LogP) is 4.38. The van der Waals surface area contributed by atoms with Crippen molar-refractivity contribution >= 4 is 39.1 Å². The Morgan fingerprint density at radius 2 is 2.11 bits per heavy atom. The number of aromatic nitrogens is 2. The zero-order chi connectivity index (χ0) is 13.3. The van der Waals surface area contributed by atoms with Crippen molar-refractivity contribution in [2.45, 2.75) is 13.5 Å². The second kappa shape index (κ2) is 5.51. The molecule has 0 aliphatic rings. The fraction of sp³-hybridized carbons (Fsp3) is 0.250. The van der Waals surface area contributed by atoms with Gasteiger partial charge in [-0.15, -0.1) is 0 Å². The standard InChI is InChI=1S/C12H11BrCl2N2O/c1-7-11(13)9(17(2)16-7)6-18-10-5-3-4-8(14)12(10)15/h3-5H,6H2,1-2H3. The zero-order valence-corrected chi connectivity index (χ0v) is 13.0. The number of ether oxygens (including phenoxy) is 1. The molecule has 2 rings (SSSR count). The number of rotatable bonds is 3.